The van der Waals surface area contributed by atoms with Crippen molar-refractivity contribution in [3.63, 3.8) is 0 Å². The maximum Gasteiger partial charge on any atom is 0.269 e. The fourth-order valence-corrected chi connectivity index (χ4v) is 4.40. The Morgan fingerprint density at radius 3 is 2.71 bits per heavy atom. The minimum absolute atomic E-state index is 0.00864. The van der Waals surface area contributed by atoms with Gasteiger partial charge in [-0.25, -0.2) is 32.5 Å². The molecule has 1 amide bonds. The number of aryl methyl sites for hydroxylation is 2. The third kappa shape index (κ3) is 4.24. The quantitative estimate of drug-likeness (QED) is 0.357. The number of nitrogens with zero attached hydrogens (tertiary/aromatic N) is 4. The van der Waals surface area contributed by atoms with Crippen molar-refractivity contribution in [1.29, 1.82) is 0 Å². The van der Waals surface area contributed by atoms with E-state index in [1.54, 1.807) is 6.07 Å². The standard InChI is InChI=1S/C25H20F4N4O2/c1-14-3-5-16(23-30-10-2-11-31-23)21(22(14)27)24(34)33-12-9-25(28,29)19(33)7-8-20-32-17-13-15(26)4-6-18(17)35-20/h2-6,10-11,13,19H,7-9,12H2,1H3/t19-/m1/s1. The fraction of sp³-hybridized carbons (Fsp3) is 0.280. The largest absolute Gasteiger partial charge is 0.441 e. The molecule has 180 valence electrons. The average Bonchev–Trinajstić information content (AvgIpc) is 3.38. The number of alkyl halides is 2. The van der Waals surface area contributed by atoms with Crippen LogP contribution < -0.4 is 0 Å². The lowest BCUT2D eigenvalue weighted by Gasteiger charge is -2.28. The Hall–Kier alpha value is -3.82. The van der Waals surface area contributed by atoms with Gasteiger partial charge in [0.15, 0.2) is 17.3 Å². The summed E-state index contributed by atoms with van der Waals surface area (Å²) in [5.41, 5.74) is 0.612. The molecule has 10 heteroatoms. The molecule has 6 nitrogen and oxygen atoms in total. The topological polar surface area (TPSA) is 72.1 Å². The summed E-state index contributed by atoms with van der Waals surface area (Å²) < 4.78 is 64.0. The fourth-order valence-electron chi connectivity index (χ4n) is 4.40. The Bertz CT molecular complexity index is 1410. The van der Waals surface area contributed by atoms with E-state index >= 15 is 4.39 Å². The monoisotopic (exact) mass is 484 g/mol. The maximum absolute atomic E-state index is 15.2. The molecule has 4 aromatic rings. The van der Waals surface area contributed by atoms with Crippen molar-refractivity contribution in [3.05, 3.63) is 77.4 Å². The van der Waals surface area contributed by atoms with Crippen molar-refractivity contribution in [1.82, 2.24) is 19.9 Å². The number of oxazole rings is 1. The first-order chi connectivity index (χ1) is 16.7. The van der Waals surface area contributed by atoms with Crippen LogP contribution in [0.1, 0.15) is 34.7 Å². The van der Waals surface area contributed by atoms with E-state index in [9.17, 15) is 18.0 Å². The highest BCUT2D eigenvalue weighted by atomic mass is 19.3. The number of benzene rings is 2. The lowest BCUT2D eigenvalue weighted by Crippen LogP contribution is -2.43. The third-order valence-electron chi connectivity index (χ3n) is 6.19. The molecule has 0 aliphatic carbocycles. The molecule has 1 fully saturated rings. The SMILES string of the molecule is Cc1ccc(-c2ncccn2)c(C(=O)N2CCC(F)(F)[C@H]2CCc2nc3cc(F)ccc3o2)c1F. The number of hydrogen-bond acceptors (Lipinski definition) is 5. The van der Waals surface area contributed by atoms with Crippen LogP contribution in [0.4, 0.5) is 17.6 Å². The zero-order valence-electron chi connectivity index (χ0n) is 18.6. The van der Waals surface area contributed by atoms with E-state index in [4.69, 9.17) is 4.42 Å². The van der Waals surface area contributed by atoms with Crippen LogP contribution >= 0.6 is 0 Å². The molecule has 5 rings (SSSR count). The van der Waals surface area contributed by atoms with Crippen LogP contribution in [-0.4, -0.2) is 44.3 Å². The third-order valence-corrected chi connectivity index (χ3v) is 6.19. The van der Waals surface area contributed by atoms with Crippen LogP contribution in [-0.2, 0) is 6.42 Å². The van der Waals surface area contributed by atoms with Gasteiger partial charge >= 0.3 is 0 Å². The molecule has 0 bridgehead atoms. The minimum atomic E-state index is -3.18. The molecule has 0 N–H and O–H groups in total. The van der Waals surface area contributed by atoms with Gasteiger partial charge in [-0.05, 0) is 43.2 Å². The predicted molar refractivity (Wildman–Crippen MR) is 119 cm³/mol. The van der Waals surface area contributed by atoms with Gasteiger partial charge in [0.05, 0.1) is 11.6 Å². The van der Waals surface area contributed by atoms with Crippen molar-refractivity contribution in [2.24, 2.45) is 0 Å². The van der Waals surface area contributed by atoms with Gasteiger partial charge in [-0.3, -0.25) is 4.79 Å². The predicted octanol–water partition coefficient (Wildman–Crippen LogP) is 5.35. The van der Waals surface area contributed by atoms with Gasteiger partial charge in [0.1, 0.15) is 17.2 Å². The zero-order valence-corrected chi connectivity index (χ0v) is 18.6. The number of amides is 1. The molecule has 35 heavy (non-hydrogen) atoms. The molecule has 0 radical (unpaired) electrons. The van der Waals surface area contributed by atoms with Gasteiger partial charge in [0, 0.05) is 43.4 Å². The summed E-state index contributed by atoms with van der Waals surface area (Å²) in [6.45, 7) is 1.26. The van der Waals surface area contributed by atoms with Gasteiger partial charge < -0.3 is 9.32 Å². The van der Waals surface area contributed by atoms with Gasteiger partial charge in [-0.15, -0.1) is 0 Å². The van der Waals surface area contributed by atoms with Gasteiger partial charge in [-0.1, -0.05) is 6.07 Å². The molecule has 0 saturated carbocycles. The van der Waals surface area contributed by atoms with Crippen LogP contribution in [0.25, 0.3) is 22.5 Å². The normalized spacial score (nSPS) is 17.3. The number of fused-ring (bicyclic) bond motifs is 1. The Labute approximate surface area is 197 Å². The Morgan fingerprint density at radius 1 is 1.17 bits per heavy atom. The number of aromatic nitrogens is 3. The number of likely N-dealkylation sites (tertiary alicyclic amines) is 1. The molecule has 3 heterocycles. The molecule has 2 aromatic carbocycles. The van der Waals surface area contributed by atoms with Crippen molar-refractivity contribution in [2.75, 3.05) is 6.54 Å². The summed E-state index contributed by atoms with van der Waals surface area (Å²) in [4.78, 5) is 26.9. The van der Waals surface area contributed by atoms with Crippen molar-refractivity contribution in [3.8, 4) is 11.4 Å². The van der Waals surface area contributed by atoms with Crippen molar-refractivity contribution < 1.29 is 26.8 Å². The second-order valence-electron chi connectivity index (χ2n) is 8.48. The van der Waals surface area contributed by atoms with Gasteiger partial charge in [0.2, 0.25) is 0 Å². The summed E-state index contributed by atoms with van der Waals surface area (Å²) in [6.07, 6.45) is 2.18. The van der Waals surface area contributed by atoms with E-state index in [1.165, 1.54) is 49.6 Å². The Balaban J connectivity index is 1.46. The first-order valence-corrected chi connectivity index (χ1v) is 11.0. The highest BCUT2D eigenvalue weighted by Gasteiger charge is 2.51. The van der Waals surface area contributed by atoms with Crippen molar-refractivity contribution in [2.45, 2.75) is 38.2 Å². The molecule has 1 saturated heterocycles. The van der Waals surface area contributed by atoms with E-state index < -0.39 is 35.9 Å². The smallest absolute Gasteiger partial charge is 0.269 e. The number of hydrogen-bond donors (Lipinski definition) is 0. The second kappa shape index (κ2) is 8.75. The summed E-state index contributed by atoms with van der Waals surface area (Å²) in [6, 6.07) is 6.91. The number of rotatable bonds is 5. The summed E-state index contributed by atoms with van der Waals surface area (Å²) in [5.74, 6) is -5.05. The highest BCUT2D eigenvalue weighted by Crippen LogP contribution is 2.39. The van der Waals surface area contributed by atoms with Gasteiger partial charge in [-0.2, -0.15) is 0 Å². The maximum atomic E-state index is 15.2. The van der Waals surface area contributed by atoms with Crippen LogP contribution in [0.15, 0.2) is 53.2 Å². The Kier molecular flexibility index (Phi) is 5.74. The zero-order chi connectivity index (χ0) is 24.7. The lowest BCUT2D eigenvalue weighted by atomic mass is 9.99. The van der Waals surface area contributed by atoms with E-state index in [2.05, 4.69) is 15.0 Å². The van der Waals surface area contributed by atoms with E-state index in [0.29, 0.717) is 5.58 Å². The van der Waals surface area contributed by atoms with Crippen LogP contribution in [0.3, 0.4) is 0 Å². The first-order valence-electron chi connectivity index (χ1n) is 11.0. The van der Waals surface area contributed by atoms with Crippen LogP contribution in [0, 0.1) is 18.6 Å². The number of carbonyl (C=O) groups is 1. The molecule has 2 aromatic heterocycles. The first kappa shape index (κ1) is 22.9. The van der Waals surface area contributed by atoms with Gasteiger partial charge in [0.25, 0.3) is 11.8 Å². The number of carbonyl (C=O) groups excluding carboxylic acids is 1. The molecular weight excluding hydrogens is 464 g/mol. The summed E-state index contributed by atoms with van der Waals surface area (Å²) in [5, 5.41) is 0. The summed E-state index contributed by atoms with van der Waals surface area (Å²) in [7, 11) is 0. The van der Waals surface area contributed by atoms with E-state index in [-0.39, 0.29) is 53.3 Å². The molecule has 0 spiro atoms. The van der Waals surface area contributed by atoms with Crippen molar-refractivity contribution >= 4 is 17.0 Å². The number of halogens is 4. The average molecular weight is 484 g/mol. The molecule has 1 aliphatic heterocycles. The lowest BCUT2D eigenvalue weighted by molar-refractivity contribution is -0.0324. The second-order valence-corrected chi connectivity index (χ2v) is 8.48. The molecule has 0 unspecified atom stereocenters. The van der Waals surface area contributed by atoms with E-state index in [0.717, 1.165) is 4.90 Å². The molecule has 1 atom stereocenters. The molecular formula is C25H20F4N4O2. The minimum Gasteiger partial charge on any atom is -0.441 e. The molecule has 1 aliphatic rings. The van der Waals surface area contributed by atoms with Crippen LogP contribution in [0.5, 0.6) is 0 Å². The highest BCUT2D eigenvalue weighted by molar-refractivity contribution is 6.01. The van der Waals surface area contributed by atoms with E-state index in [1.807, 2.05) is 0 Å². The summed E-state index contributed by atoms with van der Waals surface area (Å²) >= 11 is 0. The van der Waals surface area contributed by atoms with Crippen LogP contribution in [0.2, 0.25) is 0 Å². The Morgan fingerprint density at radius 2 is 1.94 bits per heavy atom.